The van der Waals surface area contributed by atoms with Gasteiger partial charge in [-0.25, -0.2) is 0 Å². The number of para-hydroxylation sites is 1. The predicted octanol–water partition coefficient (Wildman–Crippen LogP) is 12.6. The van der Waals surface area contributed by atoms with Gasteiger partial charge in [0.2, 0.25) is 0 Å². The van der Waals surface area contributed by atoms with Gasteiger partial charge in [0.15, 0.2) is 0 Å². The molecule has 1 aliphatic heterocycles. The molecular weight excluding hydrogens is 695 g/mol. The first-order chi connectivity index (χ1) is 28.2. The molecule has 0 saturated heterocycles. The van der Waals surface area contributed by atoms with Crippen LogP contribution in [0.15, 0.2) is 192 Å². The van der Waals surface area contributed by atoms with Crippen molar-refractivity contribution in [2.75, 3.05) is 4.90 Å². The van der Waals surface area contributed by atoms with Crippen LogP contribution >= 0.6 is 0 Å². The van der Waals surface area contributed by atoms with Gasteiger partial charge in [0.25, 0.3) is 0 Å². The molecule has 3 heteroatoms. The van der Waals surface area contributed by atoms with E-state index in [0.29, 0.717) is 11.8 Å². The minimum absolute atomic E-state index is 0.230. The van der Waals surface area contributed by atoms with Crippen molar-refractivity contribution >= 4 is 40.2 Å². The van der Waals surface area contributed by atoms with Gasteiger partial charge in [0, 0.05) is 57.4 Å². The van der Waals surface area contributed by atoms with E-state index in [9.17, 15) is 0 Å². The second kappa shape index (κ2) is 14.2. The summed E-state index contributed by atoms with van der Waals surface area (Å²) in [5.41, 5.74) is 14.2. The lowest BCUT2D eigenvalue weighted by molar-refractivity contribution is 0.103. The molecule has 0 radical (unpaired) electrons. The van der Waals surface area contributed by atoms with Gasteiger partial charge in [-0.05, 0) is 101 Å². The van der Waals surface area contributed by atoms with Crippen LogP contribution in [0.3, 0.4) is 0 Å². The van der Waals surface area contributed by atoms with Gasteiger partial charge in [-0.2, -0.15) is 0 Å². The first-order valence-electron chi connectivity index (χ1n) is 20.4. The molecule has 4 atom stereocenters. The van der Waals surface area contributed by atoms with Crippen LogP contribution in [-0.2, 0) is 4.74 Å². The van der Waals surface area contributed by atoms with E-state index in [1.807, 2.05) is 6.07 Å². The third kappa shape index (κ3) is 6.24. The first-order valence-corrected chi connectivity index (χ1v) is 20.4. The fraction of sp³-hybridized carbons (Fsp3) is 0.148. The van der Waals surface area contributed by atoms with E-state index < -0.39 is 0 Å². The highest BCUT2D eigenvalue weighted by atomic mass is 16.5. The highest BCUT2D eigenvalue weighted by Gasteiger charge is 2.38. The summed E-state index contributed by atoms with van der Waals surface area (Å²) in [6, 6.07) is 55.1. The van der Waals surface area contributed by atoms with E-state index in [0.717, 1.165) is 53.7 Å². The fourth-order valence-electron chi connectivity index (χ4n) is 9.42. The molecule has 0 bridgehead atoms. The average molecular weight is 738 g/mol. The second-order valence-electron chi connectivity index (χ2n) is 15.8. The lowest BCUT2D eigenvalue weighted by Crippen LogP contribution is -2.24. The maximum absolute atomic E-state index is 6.51. The molecule has 2 heterocycles. The Morgan fingerprint density at radius 3 is 1.86 bits per heavy atom. The predicted molar refractivity (Wildman–Crippen MR) is 234 cm³/mol. The molecule has 7 aromatic rings. The van der Waals surface area contributed by atoms with Gasteiger partial charge in [-0.1, -0.05) is 140 Å². The van der Waals surface area contributed by atoms with Crippen LogP contribution < -0.4 is 15.5 Å². The molecule has 11 rings (SSSR count). The van der Waals surface area contributed by atoms with E-state index in [1.165, 1.54) is 55.3 Å². The Labute approximate surface area is 333 Å². The number of nitrogens with zero attached hydrogens (tertiary/aromatic N) is 1. The maximum atomic E-state index is 6.51. The summed E-state index contributed by atoms with van der Waals surface area (Å²) in [6.45, 7) is 0. The number of allylic oxidation sites excluding steroid dienone is 4. The molecule has 3 aliphatic carbocycles. The van der Waals surface area contributed by atoms with Gasteiger partial charge >= 0.3 is 0 Å². The summed E-state index contributed by atoms with van der Waals surface area (Å²) < 4.78 is 12.8. The number of anilines is 3. The van der Waals surface area contributed by atoms with Gasteiger partial charge < -0.3 is 14.1 Å². The Balaban J connectivity index is 0.893. The zero-order chi connectivity index (χ0) is 37.7. The Kier molecular flexibility index (Phi) is 8.39. The van der Waals surface area contributed by atoms with Crippen molar-refractivity contribution in [1.29, 1.82) is 0 Å². The fourth-order valence-corrected chi connectivity index (χ4v) is 9.42. The molecule has 0 saturated carbocycles. The van der Waals surface area contributed by atoms with Crippen molar-refractivity contribution < 1.29 is 9.15 Å². The summed E-state index contributed by atoms with van der Waals surface area (Å²) in [5.74, 6) is 2.20. The second-order valence-corrected chi connectivity index (χ2v) is 15.8. The van der Waals surface area contributed by atoms with Gasteiger partial charge in [-0.3, -0.25) is 0 Å². The van der Waals surface area contributed by atoms with Crippen LogP contribution in [0.5, 0.6) is 0 Å². The zero-order valence-electron chi connectivity index (χ0n) is 31.8. The standard InChI is InChI=1S/C54H43NO2/c1-2-8-36(9-3-1)37-14-16-38(17-15-37)39-18-26-44(27-19-39)55(45-28-20-40(21-29-45)42-24-32-49-47-10-4-6-12-51(47)56-53(49)34-42)46-30-22-41(23-31-46)43-25-33-50-48-11-5-7-13-52(48)57-54(50)35-43/h1-6,8-12,14-23,25-34,42-43,50,54H,7,13,24,35H2. The van der Waals surface area contributed by atoms with Gasteiger partial charge in [-0.15, -0.1) is 0 Å². The van der Waals surface area contributed by atoms with E-state index in [-0.39, 0.29) is 12.0 Å². The van der Waals surface area contributed by atoms with E-state index in [4.69, 9.17) is 9.15 Å². The van der Waals surface area contributed by atoms with Gasteiger partial charge in [0.05, 0.1) is 0 Å². The third-order valence-corrected chi connectivity index (χ3v) is 12.4. The number of hydrogen-bond acceptors (Lipinski definition) is 3. The van der Waals surface area contributed by atoms with Crippen LogP contribution in [0.4, 0.5) is 17.1 Å². The SMILES string of the molecule is C1=CC2=C(CC1)OC1CC(c3ccc(N(c4ccc(-c5ccc(-c6ccccc6)cc5)cc4)c4ccc(C5C=c6oc7ccccc7c6=CC5)cc4)cc3)C=CC21. The Morgan fingerprint density at radius 2 is 1.16 bits per heavy atom. The smallest absolute Gasteiger partial charge is 0.135 e. The highest BCUT2D eigenvalue weighted by molar-refractivity contribution is 5.81. The van der Waals surface area contributed by atoms with E-state index in [1.54, 1.807) is 0 Å². The van der Waals surface area contributed by atoms with Crippen LogP contribution in [0.25, 0.3) is 45.4 Å². The molecule has 4 aliphatic rings. The Bertz CT molecular complexity index is 2810. The molecule has 3 nitrogen and oxygen atoms in total. The molecule has 0 N–H and O–H groups in total. The quantitative estimate of drug-likeness (QED) is 0.152. The molecular formula is C54H43NO2. The monoisotopic (exact) mass is 737 g/mol. The van der Waals surface area contributed by atoms with Crippen LogP contribution in [0, 0.1) is 5.92 Å². The minimum Gasteiger partial charge on any atom is -0.493 e. The summed E-state index contributed by atoms with van der Waals surface area (Å²) in [5, 5.41) is 2.41. The van der Waals surface area contributed by atoms with E-state index in [2.05, 4.69) is 187 Å². The number of furan rings is 1. The Morgan fingerprint density at radius 1 is 0.561 bits per heavy atom. The summed E-state index contributed by atoms with van der Waals surface area (Å²) in [6.07, 6.45) is 18.3. The molecule has 0 spiro atoms. The van der Waals surface area contributed by atoms with Crippen molar-refractivity contribution in [1.82, 2.24) is 0 Å². The topological polar surface area (TPSA) is 25.6 Å². The molecule has 276 valence electrons. The number of rotatable bonds is 7. The van der Waals surface area contributed by atoms with E-state index >= 15 is 0 Å². The molecule has 6 aromatic carbocycles. The number of benzene rings is 6. The van der Waals surface area contributed by atoms with Crippen LogP contribution in [0.2, 0.25) is 0 Å². The molecule has 57 heavy (non-hydrogen) atoms. The molecule has 4 unspecified atom stereocenters. The van der Waals surface area contributed by atoms with Crippen LogP contribution in [0.1, 0.15) is 48.6 Å². The Hall–Kier alpha value is -6.58. The third-order valence-electron chi connectivity index (χ3n) is 12.4. The lowest BCUT2D eigenvalue weighted by Gasteiger charge is -2.29. The van der Waals surface area contributed by atoms with Crippen molar-refractivity contribution in [3.05, 3.63) is 209 Å². The zero-order valence-corrected chi connectivity index (χ0v) is 31.8. The molecule has 0 amide bonds. The molecule has 1 aromatic heterocycles. The number of fused-ring (bicyclic) bond motifs is 5. The van der Waals surface area contributed by atoms with Gasteiger partial charge in [0.1, 0.15) is 22.9 Å². The maximum Gasteiger partial charge on any atom is 0.135 e. The highest BCUT2D eigenvalue weighted by Crippen LogP contribution is 2.45. The number of hydrogen-bond donors (Lipinski definition) is 0. The van der Waals surface area contributed by atoms with Crippen molar-refractivity contribution in [2.45, 2.75) is 43.6 Å². The summed E-state index contributed by atoms with van der Waals surface area (Å²) in [4.78, 5) is 2.38. The van der Waals surface area contributed by atoms with Crippen molar-refractivity contribution in [3.8, 4) is 22.3 Å². The first kappa shape index (κ1) is 33.7. The lowest BCUT2D eigenvalue weighted by atomic mass is 9.79. The molecule has 0 fully saturated rings. The largest absolute Gasteiger partial charge is 0.493 e. The summed E-state index contributed by atoms with van der Waals surface area (Å²) >= 11 is 0. The van der Waals surface area contributed by atoms with Crippen molar-refractivity contribution in [2.24, 2.45) is 5.92 Å². The van der Waals surface area contributed by atoms with Crippen LogP contribution in [-0.4, -0.2) is 6.10 Å². The van der Waals surface area contributed by atoms with Crippen molar-refractivity contribution in [3.63, 3.8) is 0 Å². The number of ether oxygens (including phenoxy) is 1. The minimum atomic E-state index is 0.230. The average Bonchev–Trinajstić information content (AvgIpc) is 3.85. The summed E-state index contributed by atoms with van der Waals surface area (Å²) in [7, 11) is 0. The normalized spacial score (nSPS) is 20.6.